The van der Waals surface area contributed by atoms with E-state index in [1.165, 1.54) is 5.57 Å². The zero-order valence-corrected chi connectivity index (χ0v) is 9.20. The van der Waals surface area contributed by atoms with Crippen LogP contribution in [-0.4, -0.2) is 19.5 Å². The summed E-state index contributed by atoms with van der Waals surface area (Å²) in [5.41, 5.74) is 1.34. The van der Waals surface area contributed by atoms with Crippen molar-refractivity contribution in [2.45, 2.75) is 12.8 Å². The number of rotatable bonds is 0. The van der Waals surface area contributed by atoms with Gasteiger partial charge < -0.3 is 4.74 Å². The summed E-state index contributed by atoms with van der Waals surface area (Å²) in [6.07, 6.45) is 4.17. The smallest absolute Gasteiger partial charge is 0.0503 e. The van der Waals surface area contributed by atoms with Gasteiger partial charge in [-0.25, -0.2) is 0 Å². The predicted octanol–water partition coefficient (Wildman–Crippen LogP) is 3.05. The lowest BCUT2D eigenvalue weighted by Crippen LogP contribution is -2.05. The van der Waals surface area contributed by atoms with E-state index in [-0.39, 0.29) is 0 Å². The van der Waals surface area contributed by atoms with Crippen LogP contribution in [-0.2, 0) is 4.74 Å². The molecule has 0 aromatic heterocycles. The Bertz CT molecular complexity index is 87.6. The Morgan fingerprint density at radius 2 is 1.90 bits per heavy atom. The lowest BCUT2D eigenvalue weighted by atomic mass is 10.1. The van der Waals surface area contributed by atoms with E-state index in [4.69, 9.17) is 4.74 Å². The summed E-state index contributed by atoms with van der Waals surface area (Å²) >= 11 is 2.20. The van der Waals surface area contributed by atoms with Crippen LogP contribution >= 0.6 is 30.1 Å². The average Bonchev–Trinajstić information content (AvgIpc) is 1.91. The molecule has 1 aliphatic rings. The largest absolute Gasteiger partial charge is 0.381 e. The van der Waals surface area contributed by atoms with Gasteiger partial charge in [-0.05, 0) is 40.3 Å². The molecular formula is C7H13IOS. The highest BCUT2D eigenvalue weighted by Gasteiger charge is 2.00. The van der Waals surface area contributed by atoms with E-state index in [1.807, 2.05) is 6.26 Å². The Morgan fingerprint density at radius 1 is 1.50 bits per heavy atom. The molecule has 60 valence electrons. The van der Waals surface area contributed by atoms with Crippen molar-refractivity contribution in [1.29, 1.82) is 0 Å². The van der Waals surface area contributed by atoms with E-state index < -0.39 is 0 Å². The first-order valence-electron chi connectivity index (χ1n) is 3.20. The minimum atomic E-state index is 0.888. The topological polar surface area (TPSA) is 9.23 Å². The van der Waals surface area contributed by atoms with Gasteiger partial charge in [0.05, 0.1) is 13.2 Å². The number of hydrogen-bond acceptors (Lipinski definition) is 2. The first-order chi connectivity index (χ1) is 4.81. The highest BCUT2D eigenvalue weighted by atomic mass is 127. The average molecular weight is 272 g/mol. The van der Waals surface area contributed by atoms with Gasteiger partial charge in [0.1, 0.15) is 0 Å². The highest BCUT2D eigenvalue weighted by Crippen LogP contribution is 2.09. The van der Waals surface area contributed by atoms with E-state index in [9.17, 15) is 0 Å². The molecule has 3 heteroatoms. The van der Waals surface area contributed by atoms with Gasteiger partial charge in [-0.2, -0.15) is 0 Å². The van der Waals surface area contributed by atoms with Crippen LogP contribution < -0.4 is 0 Å². The van der Waals surface area contributed by atoms with Crippen molar-refractivity contribution < 1.29 is 4.74 Å². The maximum atomic E-state index is 5.08. The van der Waals surface area contributed by atoms with Gasteiger partial charge >= 0.3 is 0 Å². The van der Waals surface area contributed by atoms with Gasteiger partial charge in [-0.15, -0.1) is 0 Å². The Balaban J connectivity index is 0.000000236. The number of halogens is 1. The predicted molar refractivity (Wildman–Crippen MR) is 56.7 cm³/mol. The van der Waals surface area contributed by atoms with Crippen LogP contribution in [0.25, 0.3) is 0 Å². The van der Waals surface area contributed by atoms with E-state index >= 15 is 0 Å². The van der Waals surface area contributed by atoms with E-state index in [0.717, 1.165) is 26.1 Å². The normalized spacial score (nSPS) is 17.6. The second kappa shape index (κ2) is 7.88. The summed E-state index contributed by atoms with van der Waals surface area (Å²) in [6, 6.07) is 0. The lowest BCUT2D eigenvalue weighted by molar-refractivity contribution is 0.119. The van der Waals surface area contributed by atoms with Crippen molar-refractivity contribution in [2.75, 3.05) is 19.5 Å². The van der Waals surface area contributed by atoms with Crippen molar-refractivity contribution in [3.63, 3.8) is 0 Å². The third-order valence-corrected chi connectivity index (χ3v) is 1.20. The molecule has 0 saturated carbocycles. The molecular weight excluding hydrogens is 259 g/mol. The van der Waals surface area contributed by atoms with E-state index in [0.29, 0.717) is 0 Å². The van der Waals surface area contributed by atoms with Crippen LogP contribution in [0, 0.1) is 0 Å². The molecule has 10 heavy (non-hydrogen) atoms. The molecule has 0 aromatic rings. The van der Waals surface area contributed by atoms with Gasteiger partial charge in [0.25, 0.3) is 0 Å². The molecule has 0 unspecified atom stereocenters. The number of hydrogen-bond donors (Lipinski definition) is 0. The number of ether oxygens (including phenoxy) is 1. The summed E-state index contributed by atoms with van der Waals surface area (Å²) in [4.78, 5) is 0. The van der Waals surface area contributed by atoms with Gasteiger partial charge in [-0.1, -0.05) is 21.1 Å². The first-order valence-corrected chi connectivity index (χ1v) is 6.97. The summed E-state index contributed by atoms with van der Waals surface area (Å²) in [7, 11) is 1.72. The van der Waals surface area contributed by atoms with Crippen molar-refractivity contribution in [2.24, 2.45) is 0 Å². The zero-order chi connectivity index (χ0) is 7.82. The van der Waals surface area contributed by atoms with Crippen molar-refractivity contribution in [3.8, 4) is 0 Å². The fourth-order valence-electron chi connectivity index (χ4n) is 0.660. The Kier molecular flexibility index (Phi) is 8.50. The maximum Gasteiger partial charge on any atom is 0.0503 e. The summed E-state index contributed by atoms with van der Waals surface area (Å²) in [5, 5.41) is 0. The van der Waals surface area contributed by atoms with Crippen molar-refractivity contribution >= 4 is 30.1 Å². The van der Waals surface area contributed by atoms with Crippen LogP contribution in [0.2, 0.25) is 0 Å². The van der Waals surface area contributed by atoms with Crippen LogP contribution in [0.1, 0.15) is 12.8 Å². The fraction of sp³-hybridized carbons (Fsp3) is 0.714. The molecule has 0 bridgehead atoms. The molecule has 1 heterocycles. The summed E-state index contributed by atoms with van der Waals surface area (Å²) in [6.45, 7) is 5.61. The standard InChI is InChI=1S/C6H10O.CH3IS/c1-6-2-4-7-5-3-6;1-3-2/h1-5H2;1H3. The third kappa shape index (κ3) is 6.89. The molecule has 0 radical (unpaired) electrons. The summed E-state index contributed by atoms with van der Waals surface area (Å²) in [5.74, 6) is 0. The molecule has 1 nitrogen and oxygen atoms in total. The molecule has 0 amide bonds. The molecule has 0 aliphatic carbocycles. The SMILES string of the molecule is C=C1CCOCC1.CSI. The maximum absolute atomic E-state index is 5.08. The minimum absolute atomic E-state index is 0.888. The second-order valence-electron chi connectivity index (χ2n) is 2.02. The second-order valence-corrected chi connectivity index (χ2v) is 4.97. The van der Waals surface area contributed by atoms with Gasteiger partial charge in [-0.3, -0.25) is 0 Å². The molecule has 0 aromatic carbocycles. The lowest BCUT2D eigenvalue weighted by Gasteiger charge is -2.11. The van der Waals surface area contributed by atoms with Gasteiger partial charge in [0, 0.05) is 0 Å². The van der Waals surface area contributed by atoms with Crippen molar-refractivity contribution in [3.05, 3.63) is 12.2 Å². The molecule has 1 rings (SSSR count). The van der Waals surface area contributed by atoms with Crippen LogP contribution in [0.3, 0.4) is 0 Å². The van der Waals surface area contributed by atoms with Crippen LogP contribution in [0.15, 0.2) is 12.2 Å². The monoisotopic (exact) mass is 272 g/mol. The molecule has 1 fully saturated rings. The van der Waals surface area contributed by atoms with Gasteiger partial charge in [0.2, 0.25) is 0 Å². The third-order valence-electron chi connectivity index (χ3n) is 1.20. The Labute approximate surface area is 79.2 Å². The van der Waals surface area contributed by atoms with E-state index in [1.54, 1.807) is 8.93 Å². The first kappa shape index (κ1) is 10.8. The van der Waals surface area contributed by atoms with Gasteiger partial charge in [0.15, 0.2) is 0 Å². The van der Waals surface area contributed by atoms with Crippen LogP contribution in [0.5, 0.6) is 0 Å². The fourth-order valence-corrected chi connectivity index (χ4v) is 0.660. The Hall–Kier alpha value is 0.780. The van der Waals surface area contributed by atoms with Crippen molar-refractivity contribution in [1.82, 2.24) is 0 Å². The molecule has 0 spiro atoms. The Morgan fingerprint density at radius 3 is 2.10 bits per heavy atom. The molecule has 0 atom stereocenters. The molecule has 0 N–H and O–H groups in total. The summed E-state index contributed by atoms with van der Waals surface area (Å²) < 4.78 is 5.08. The highest BCUT2D eigenvalue weighted by molar-refractivity contribution is 14.2. The zero-order valence-electron chi connectivity index (χ0n) is 6.23. The van der Waals surface area contributed by atoms with Crippen LogP contribution in [0.4, 0.5) is 0 Å². The molecule has 1 aliphatic heterocycles. The van der Waals surface area contributed by atoms with E-state index in [2.05, 4.69) is 27.8 Å². The molecule has 1 saturated heterocycles. The quantitative estimate of drug-likeness (QED) is 0.495. The minimum Gasteiger partial charge on any atom is -0.381 e.